The average Bonchev–Trinajstić information content (AvgIpc) is 1.51. The minimum atomic E-state index is -1.23. The number of aliphatic hydroxyl groups is 1. The van der Waals surface area contributed by atoms with Crippen molar-refractivity contribution < 1.29 is 58.2 Å². The zero-order valence-corrected chi connectivity index (χ0v) is 84.2. The van der Waals surface area contributed by atoms with Crippen LogP contribution < -0.4 is 76.9 Å². The van der Waals surface area contributed by atoms with Crippen LogP contribution in [0.2, 0.25) is 0 Å². The fourth-order valence-electron chi connectivity index (χ4n) is 25.0. The quantitative estimate of drug-likeness (QED) is 0.0317. The second kappa shape index (κ2) is 36.1. The van der Waals surface area contributed by atoms with Gasteiger partial charge in [-0.3, -0.25) is 24.0 Å². The molecule has 4 atom stereocenters. The first kappa shape index (κ1) is 94.1. The number of ether oxygens (including phenoxy) is 2. The zero-order chi connectivity index (χ0) is 99.3. The van der Waals surface area contributed by atoms with E-state index in [0.717, 1.165) is 172 Å². The number of hydrogen-bond acceptors (Lipinski definition) is 16. The first-order valence-electron chi connectivity index (χ1n) is 50.8. The smallest absolute Gasteiger partial charge is 0.643 e. The molecule has 4 unspecified atom stereocenters. The number of fused-ring (bicyclic) bond motifs is 10. The van der Waals surface area contributed by atoms with Gasteiger partial charge in [0.25, 0.3) is 0 Å². The third-order valence-corrected chi connectivity index (χ3v) is 33.4. The molecule has 6 aliphatic heterocycles. The predicted molar refractivity (Wildman–Crippen MR) is 570 cm³/mol. The van der Waals surface area contributed by atoms with E-state index in [9.17, 15) is 39.3 Å². The molecule has 22 heteroatoms. The number of aliphatic hydroxyl groups excluding tert-OH is 1. The number of amides is 2. The number of rotatable bonds is 15. The highest BCUT2D eigenvalue weighted by atomic mass is 16.5. The molecular weight excluding hydrogens is 1760 g/mol. The lowest BCUT2D eigenvalue weighted by Crippen LogP contribution is -2.95. The molecule has 2 amide bonds. The van der Waals surface area contributed by atoms with E-state index in [1.54, 1.807) is 14.2 Å². The van der Waals surface area contributed by atoms with E-state index in [0.29, 0.717) is 56.3 Å². The molecule has 0 bridgehead atoms. The van der Waals surface area contributed by atoms with Crippen molar-refractivity contribution in [2.24, 2.45) is 22.2 Å². The first-order valence-corrected chi connectivity index (χ1v) is 50.8. The number of likely N-dealkylation sites (tertiary alicyclic amines) is 1. The number of Topliss-reactive ketones (excluding diaryl/α,β-unsaturated/α-hetero) is 3. The molecule has 4 fully saturated rings. The molecule has 23 rings (SSSR count). The highest BCUT2D eigenvalue weighted by Crippen LogP contribution is 2.61. The lowest BCUT2D eigenvalue weighted by molar-refractivity contribution is -0.439. The Labute approximate surface area is 831 Å². The van der Waals surface area contributed by atoms with E-state index in [2.05, 4.69) is 204 Å². The van der Waals surface area contributed by atoms with E-state index in [1.807, 2.05) is 148 Å². The summed E-state index contributed by atoms with van der Waals surface area (Å²) in [7, 11) is 7.31. The van der Waals surface area contributed by atoms with Crippen LogP contribution >= 0.6 is 0 Å². The Kier molecular flexibility index (Phi) is 24.0. The maximum absolute atomic E-state index is 14.6. The second-order valence-electron chi connectivity index (χ2n) is 42.9. The number of anilines is 6. The number of likely N-dealkylation sites (N-methyl/N-ethyl adjacent to an activating group) is 2. The van der Waals surface area contributed by atoms with Crippen LogP contribution in [0, 0.1) is 17.3 Å². The van der Waals surface area contributed by atoms with E-state index in [4.69, 9.17) is 9.47 Å². The summed E-state index contributed by atoms with van der Waals surface area (Å²) in [5.41, 5.74) is 19.4. The van der Waals surface area contributed by atoms with Crippen molar-refractivity contribution >= 4 is 160 Å². The Morgan fingerprint density at radius 3 is 1.86 bits per heavy atom. The van der Waals surface area contributed by atoms with Crippen molar-refractivity contribution in [2.75, 3.05) is 72.2 Å². The number of aliphatic imine (C=N–C) groups is 1. The summed E-state index contributed by atoms with van der Waals surface area (Å²) in [6, 6.07) is 66.7. The molecule has 20 nitrogen and oxygen atoms in total. The Morgan fingerprint density at radius 2 is 1.23 bits per heavy atom. The Bertz CT molecular complexity index is 7690. The van der Waals surface area contributed by atoms with Gasteiger partial charge in [-0.2, -0.15) is 4.58 Å². The number of nitrogens with one attached hydrogen (secondary N) is 5. The largest absolute Gasteiger partial charge is 0.871 e. The summed E-state index contributed by atoms with van der Waals surface area (Å²) in [6.45, 7) is 26.0. The summed E-state index contributed by atoms with van der Waals surface area (Å²) >= 11 is 0. The van der Waals surface area contributed by atoms with Crippen LogP contribution in [0.4, 0.5) is 39.8 Å². The molecule has 0 radical (unpaired) electrons. The van der Waals surface area contributed by atoms with Gasteiger partial charge in [0.1, 0.15) is 23.8 Å². The van der Waals surface area contributed by atoms with E-state index in [1.165, 1.54) is 82.1 Å². The Hall–Kier alpha value is -14.1. The van der Waals surface area contributed by atoms with Gasteiger partial charge in [0.2, 0.25) is 23.3 Å². The first-order chi connectivity index (χ1) is 68.2. The molecule has 11 aromatic carbocycles. The van der Waals surface area contributed by atoms with Gasteiger partial charge >= 0.3 is 14.0 Å². The number of benzene rings is 11. The average molecular weight is 1890 g/mol. The van der Waals surface area contributed by atoms with Crippen molar-refractivity contribution in [1.29, 1.82) is 0 Å². The molecule has 6 heterocycles. The molecule has 142 heavy (non-hydrogen) atoms. The number of nitrogens with zero attached hydrogens (tertiary/aromatic N) is 5. The molecule has 2 spiro atoms. The van der Waals surface area contributed by atoms with Gasteiger partial charge in [-0.25, -0.2) is 4.99 Å². The highest BCUT2D eigenvalue weighted by molar-refractivity contribution is 6.80. The summed E-state index contributed by atoms with van der Waals surface area (Å²) in [5, 5.41) is 64.8. The van der Waals surface area contributed by atoms with Gasteiger partial charge < -0.3 is 65.4 Å². The molecule has 3 saturated carbocycles. The molecule has 720 valence electrons. The van der Waals surface area contributed by atoms with Gasteiger partial charge in [-0.05, 0) is 208 Å². The number of hydrogen-bond donors (Lipinski definition) is 6. The number of carbonyl (C=O) groups excluding carboxylic acids is 5. The van der Waals surface area contributed by atoms with Gasteiger partial charge in [-0.1, -0.05) is 227 Å². The molecule has 12 aliphatic rings. The molecular formula is C120H124B2N10O10. The lowest BCUT2D eigenvalue weighted by atomic mass is 9.64. The zero-order valence-electron chi connectivity index (χ0n) is 84.2. The van der Waals surface area contributed by atoms with Crippen molar-refractivity contribution in [3.63, 3.8) is 0 Å². The Balaban J connectivity index is 0.000000128. The summed E-state index contributed by atoms with van der Waals surface area (Å²) in [6.07, 6.45) is 20.0. The number of allylic oxidation sites excluding steroid dienone is 11. The lowest BCUT2D eigenvalue weighted by Gasteiger charge is -2.45. The third kappa shape index (κ3) is 15.3. The minimum Gasteiger partial charge on any atom is -0.871 e. The second-order valence-corrected chi connectivity index (χ2v) is 42.9. The number of carbonyl (C=O) groups is 5. The summed E-state index contributed by atoms with van der Waals surface area (Å²) in [5.74, 6) is 0.353. The minimum absolute atomic E-state index is 0.0776. The number of methoxy groups -OCH3 is 2. The van der Waals surface area contributed by atoms with Crippen LogP contribution in [-0.4, -0.2) is 129 Å². The van der Waals surface area contributed by atoms with E-state index >= 15 is 0 Å². The summed E-state index contributed by atoms with van der Waals surface area (Å²) < 4.78 is 13.2. The molecule has 6 aliphatic carbocycles. The SMILES string of the molecule is CC(=O)N=C1C=C2C(=C/C1=C1\C(=O)C(c3cc4c(cc3NC(C)=O)N(C)C(C)C4(C)C)=C1O)C(C)(C)C(C)N2C.CC(C)CCN1/C(=C/C2=C([O-])C(=C/C3=[N+](CCC(C)C)c4ccc5ccccc5c4C34CCCCC4)/C2=O)C2(CCCCC2)c2c1ccc1ccccc21.COc1ccc(B2Nc3cccc4ccc(C5C(=O)/C(=c6/ccc7cccc8c7c6=[NH+]B(c6ccc(OC)cc6)N8)C5[O-])c(c34)N2)cc1. The van der Waals surface area contributed by atoms with Gasteiger partial charge in [-0.15, -0.1) is 0 Å². The van der Waals surface area contributed by atoms with Crippen LogP contribution in [0.25, 0.3) is 54.2 Å². The highest BCUT2D eigenvalue weighted by Gasteiger charge is 2.56. The fraction of sp³-hybridized carbons (Fsp3) is 0.333. The van der Waals surface area contributed by atoms with E-state index in [-0.39, 0.29) is 93.6 Å². The topological polar surface area (TPSA) is 257 Å². The standard InChI is InChI=1S/C50H56N2O2.C38H29B2N4O4.C32H38N4O4/c1-33(2)23-29-51-41-21-19-35-15-7-9-17-37(35)45(41)49(25-11-5-12-26-49)43(51)31-39-47(53)40(48(39)54)32-44-50(27-13-6-14-28-50)46-38-18-10-8-16-36(38)20-22-42(46)52(44)30-24-34(3)4;1-47-25-15-11-23(12-16-25)39-41-29-7-3-5-21-9-19-27(35(43-39)31(21)29)33-37(45)34(38(33)46)28-20-10-22-6-4-8-30-32(22)36(28)44-40(42-30)24-13-17-26(48-2)18-14-24;1-15-31(5,6)21-11-19(23(33-17(3)37)13-25(21)35(15)9)27-29(39)28(30(27)40)20-12-22-26(14-24(20)34-18(4)38)36(10)16(2)32(22,7)8/h7-10,15-22,31-34H,5-6,11-14,23-30H2,1-4H3;3-20,33,37,41-43H,1-2H3;11-16,39H,1-10H3,(H,33,37)/q;-1;/p+1/b;34-28-;28-20+,34-24?. The van der Waals surface area contributed by atoms with Crippen molar-refractivity contribution in [3.05, 3.63) is 308 Å². The molecule has 11 aromatic rings. The normalized spacial score (nSPS) is 22.4. The van der Waals surface area contributed by atoms with Crippen molar-refractivity contribution in [3.8, 4) is 11.5 Å². The monoisotopic (exact) mass is 1890 g/mol. The molecule has 0 aromatic heterocycles. The van der Waals surface area contributed by atoms with Gasteiger partial charge in [0.15, 0.2) is 22.6 Å². The maximum Gasteiger partial charge on any atom is 0.643 e. The van der Waals surface area contributed by atoms with Crippen molar-refractivity contribution in [2.45, 2.75) is 200 Å². The predicted octanol–water partition coefficient (Wildman–Crippen LogP) is 17.2. The van der Waals surface area contributed by atoms with Gasteiger partial charge in [0, 0.05) is 171 Å². The van der Waals surface area contributed by atoms with Crippen LogP contribution in [-0.2, 0) is 40.2 Å². The molecule has 1 saturated heterocycles. The van der Waals surface area contributed by atoms with Crippen LogP contribution in [0.5, 0.6) is 11.5 Å². The van der Waals surface area contributed by atoms with E-state index < -0.39 is 17.9 Å². The number of ketones is 3. The van der Waals surface area contributed by atoms with Crippen LogP contribution in [0.3, 0.4) is 0 Å². The fourth-order valence-corrected chi connectivity index (χ4v) is 25.0. The molecule has 6 N–H and O–H groups in total. The van der Waals surface area contributed by atoms with Crippen LogP contribution in [0.15, 0.2) is 274 Å². The maximum atomic E-state index is 14.6. The van der Waals surface area contributed by atoms with Crippen molar-refractivity contribution in [1.82, 2.24) is 4.90 Å². The third-order valence-electron chi connectivity index (χ3n) is 33.4. The van der Waals surface area contributed by atoms with Gasteiger partial charge in [0.05, 0.1) is 47.6 Å². The summed E-state index contributed by atoms with van der Waals surface area (Å²) in [4.78, 5) is 81.7. The Morgan fingerprint density at radius 1 is 0.634 bits per heavy atom. The van der Waals surface area contributed by atoms with Crippen LogP contribution in [0.1, 0.15) is 194 Å².